The highest BCUT2D eigenvalue weighted by molar-refractivity contribution is 7.89. The summed E-state index contributed by atoms with van der Waals surface area (Å²) in [5.41, 5.74) is 0.834. The summed E-state index contributed by atoms with van der Waals surface area (Å²) in [7, 11) is -0.450. The molecule has 2 N–H and O–H groups in total. The van der Waals surface area contributed by atoms with Crippen LogP contribution in [0.25, 0.3) is 0 Å². The first-order valence-electron chi connectivity index (χ1n) is 7.46. The van der Waals surface area contributed by atoms with Crippen molar-refractivity contribution >= 4 is 15.9 Å². The van der Waals surface area contributed by atoms with Crippen LogP contribution in [0.2, 0.25) is 0 Å². The van der Waals surface area contributed by atoms with Crippen LogP contribution in [0.15, 0.2) is 29.2 Å². The van der Waals surface area contributed by atoms with Gasteiger partial charge in [0.25, 0.3) is 0 Å². The molecule has 1 aromatic carbocycles. The number of hydrogen-bond acceptors (Lipinski definition) is 5. The highest BCUT2D eigenvalue weighted by Gasteiger charge is 2.27. The maximum Gasteiger partial charge on any atom is 0.242 e. The maximum absolute atomic E-state index is 12.1. The number of rotatable bonds is 5. The summed E-state index contributed by atoms with van der Waals surface area (Å²) in [5.74, 6) is -0.123. The van der Waals surface area contributed by atoms with E-state index in [-0.39, 0.29) is 22.9 Å². The molecule has 0 spiro atoms. The molecule has 128 valence electrons. The monoisotopic (exact) mass is 341 g/mol. The van der Waals surface area contributed by atoms with Crippen molar-refractivity contribution in [1.29, 1.82) is 0 Å². The Hall–Kier alpha value is -1.48. The number of ether oxygens (including phenoxy) is 1. The first-order chi connectivity index (χ1) is 10.8. The molecule has 0 aromatic heterocycles. The van der Waals surface area contributed by atoms with E-state index < -0.39 is 10.0 Å². The Bertz CT molecular complexity index is 643. The van der Waals surface area contributed by atoms with Gasteiger partial charge in [-0.05, 0) is 24.6 Å². The average Bonchev–Trinajstić information content (AvgIpc) is 2.53. The molecule has 23 heavy (non-hydrogen) atoms. The Balaban J connectivity index is 1.95. The van der Waals surface area contributed by atoms with Gasteiger partial charge in [-0.2, -0.15) is 0 Å². The van der Waals surface area contributed by atoms with E-state index in [1.807, 2.05) is 6.92 Å². The second-order valence-electron chi connectivity index (χ2n) is 5.66. The van der Waals surface area contributed by atoms with Crippen LogP contribution < -0.4 is 10.6 Å². The second kappa shape index (κ2) is 7.39. The summed E-state index contributed by atoms with van der Waals surface area (Å²) in [4.78, 5) is 12.4. The molecule has 1 aliphatic heterocycles. The Morgan fingerprint density at radius 1 is 1.35 bits per heavy atom. The molecule has 0 bridgehead atoms. The summed E-state index contributed by atoms with van der Waals surface area (Å²) >= 11 is 0. The van der Waals surface area contributed by atoms with Gasteiger partial charge in [-0.1, -0.05) is 12.1 Å². The third-order valence-corrected chi connectivity index (χ3v) is 5.60. The van der Waals surface area contributed by atoms with E-state index in [0.29, 0.717) is 19.7 Å². The zero-order valence-corrected chi connectivity index (χ0v) is 14.4. The topological polar surface area (TPSA) is 87.7 Å². The molecule has 2 rings (SSSR count). The molecule has 1 amide bonds. The Kier molecular flexibility index (Phi) is 5.74. The summed E-state index contributed by atoms with van der Waals surface area (Å²) < 4.78 is 30.6. The fourth-order valence-corrected chi connectivity index (χ4v) is 3.22. The largest absolute Gasteiger partial charge is 0.375 e. The molecule has 2 atom stereocenters. The van der Waals surface area contributed by atoms with Crippen molar-refractivity contribution in [2.75, 3.05) is 27.2 Å². The fourth-order valence-electron chi connectivity index (χ4n) is 2.32. The predicted molar refractivity (Wildman–Crippen MR) is 86.4 cm³/mol. The van der Waals surface area contributed by atoms with Crippen LogP contribution in [-0.2, 0) is 26.1 Å². The standard InChI is InChI=1S/C15H23N3O4S/c1-11-14(16-8-9-22-11)15(19)17-10-12-4-6-13(7-5-12)23(20,21)18(2)3/h4-7,11,14,16H,8-10H2,1-3H3,(H,17,19)/t11-,14+/m1/s1. The third-order valence-electron chi connectivity index (χ3n) is 3.77. The molecular weight excluding hydrogens is 318 g/mol. The van der Waals surface area contributed by atoms with Gasteiger partial charge in [0.1, 0.15) is 6.04 Å². The Labute approximate surface area is 137 Å². The van der Waals surface area contributed by atoms with E-state index in [1.165, 1.54) is 18.4 Å². The van der Waals surface area contributed by atoms with Crippen LogP contribution in [-0.4, -0.2) is 58.0 Å². The summed E-state index contributed by atoms with van der Waals surface area (Å²) in [6.45, 7) is 3.45. The van der Waals surface area contributed by atoms with Crippen molar-refractivity contribution in [1.82, 2.24) is 14.9 Å². The van der Waals surface area contributed by atoms with Gasteiger partial charge in [-0.25, -0.2) is 12.7 Å². The number of hydrogen-bond donors (Lipinski definition) is 2. The first-order valence-corrected chi connectivity index (χ1v) is 8.90. The summed E-state index contributed by atoms with van der Waals surface area (Å²) in [5, 5.41) is 5.96. The van der Waals surface area contributed by atoms with E-state index in [2.05, 4.69) is 10.6 Å². The number of amides is 1. The van der Waals surface area contributed by atoms with Gasteiger partial charge >= 0.3 is 0 Å². The average molecular weight is 341 g/mol. The lowest BCUT2D eigenvalue weighted by Gasteiger charge is -2.29. The number of sulfonamides is 1. The van der Waals surface area contributed by atoms with Crippen molar-refractivity contribution < 1.29 is 17.9 Å². The molecule has 1 fully saturated rings. The van der Waals surface area contributed by atoms with Crippen LogP contribution in [0.1, 0.15) is 12.5 Å². The molecule has 0 saturated carbocycles. The van der Waals surface area contributed by atoms with Crippen molar-refractivity contribution in [3.63, 3.8) is 0 Å². The minimum atomic E-state index is -3.43. The Morgan fingerprint density at radius 2 is 2.00 bits per heavy atom. The van der Waals surface area contributed by atoms with E-state index in [1.54, 1.807) is 24.3 Å². The molecule has 0 aliphatic carbocycles. The molecule has 7 nitrogen and oxygen atoms in total. The van der Waals surface area contributed by atoms with E-state index in [4.69, 9.17) is 4.74 Å². The van der Waals surface area contributed by atoms with Gasteiger partial charge in [0.2, 0.25) is 15.9 Å². The summed E-state index contributed by atoms with van der Waals surface area (Å²) in [6, 6.07) is 6.12. The molecule has 1 aromatic rings. The fraction of sp³-hybridized carbons (Fsp3) is 0.533. The van der Waals surface area contributed by atoms with Crippen molar-refractivity contribution in [2.24, 2.45) is 0 Å². The third kappa shape index (κ3) is 4.29. The van der Waals surface area contributed by atoms with Gasteiger partial charge in [-0.3, -0.25) is 4.79 Å². The lowest BCUT2D eigenvalue weighted by Crippen LogP contribution is -2.55. The maximum atomic E-state index is 12.1. The van der Waals surface area contributed by atoms with Gasteiger partial charge in [-0.15, -0.1) is 0 Å². The quantitative estimate of drug-likeness (QED) is 0.783. The van der Waals surface area contributed by atoms with E-state index >= 15 is 0 Å². The summed E-state index contributed by atoms with van der Waals surface area (Å²) in [6.07, 6.45) is -0.170. The number of morpholine rings is 1. The first kappa shape index (κ1) is 17.9. The lowest BCUT2D eigenvalue weighted by molar-refractivity contribution is -0.129. The smallest absolute Gasteiger partial charge is 0.242 e. The zero-order chi connectivity index (χ0) is 17.0. The van der Waals surface area contributed by atoms with Gasteiger partial charge in [0.05, 0.1) is 17.6 Å². The number of carbonyl (C=O) groups excluding carboxylic acids is 1. The minimum Gasteiger partial charge on any atom is -0.375 e. The van der Waals surface area contributed by atoms with Crippen LogP contribution in [0.5, 0.6) is 0 Å². The molecular formula is C15H23N3O4S. The van der Waals surface area contributed by atoms with Crippen LogP contribution >= 0.6 is 0 Å². The number of carbonyl (C=O) groups is 1. The highest BCUT2D eigenvalue weighted by atomic mass is 32.2. The molecule has 1 saturated heterocycles. The number of nitrogens with zero attached hydrogens (tertiary/aromatic N) is 1. The normalized spacial score (nSPS) is 22.1. The van der Waals surface area contributed by atoms with Crippen molar-refractivity contribution in [3.05, 3.63) is 29.8 Å². The van der Waals surface area contributed by atoms with Crippen LogP contribution in [0.3, 0.4) is 0 Å². The van der Waals surface area contributed by atoms with Gasteiger partial charge < -0.3 is 15.4 Å². The predicted octanol–water partition coefficient (Wildman–Crippen LogP) is -0.0700. The minimum absolute atomic E-state index is 0.123. The van der Waals surface area contributed by atoms with Crippen LogP contribution in [0, 0.1) is 0 Å². The van der Waals surface area contributed by atoms with E-state index in [9.17, 15) is 13.2 Å². The number of benzene rings is 1. The molecule has 1 aliphatic rings. The highest BCUT2D eigenvalue weighted by Crippen LogP contribution is 2.14. The molecule has 8 heteroatoms. The van der Waals surface area contributed by atoms with Crippen molar-refractivity contribution in [3.8, 4) is 0 Å². The Morgan fingerprint density at radius 3 is 2.57 bits per heavy atom. The molecule has 1 heterocycles. The lowest BCUT2D eigenvalue weighted by atomic mass is 10.1. The van der Waals surface area contributed by atoms with Crippen molar-refractivity contribution in [2.45, 2.75) is 30.5 Å². The van der Waals surface area contributed by atoms with Gasteiger partial charge in [0.15, 0.2) is 0 Å². The SMILES string of the molecule is C[C@H]1OCCN[C@@H]1C(=O)NCc1ccc(S(=O)(=O)N(C)C)cc1. The molecule has 0 radical (unpaired) electrons. The second-order valence-corrected chi connectivity index (χ2v) is 7.81. The molecule has 0 unspecified atom stereocenters. The zero-order valence-electron chi connectivity index (χ0n) is 13.6. The van der Waals surface area contributed by atoms with Gasteiger partial charge in [0, 0.05) is 27.2 Å². The number of nitrogens with one attached hydrogen (secondary N) is 2. The van der Waals surface area contributed by atoms with Crippen LogP contribution in [0.4, 0.5) is 0 Å². The van der Waals surface area contributed by atoms with E-state index in [0.717, 1.165) is 5.56 Å².